The van der Waals surface area contributed by atoms with E-state index in [-0.39, 0.29) is 11.0 Å². The van der Waals surface area contributed by atoms with E-state index in [0.717, 1.165) is 38.7 Å². The molecule has 1 aliphatic carbocycles. The number of hydrogen-bond acceptors (Lipinski definition) is 3. The number of hydrogen-bond donors (Lipinski definition) is 1. The number of ether oxygens (including phenoxy) is 1. The molecule has 1 aliphatic rings. The lowest BCUT2D eigenvalue weighted by atomic mass is 9.89. The molecule has 0 radical (unpaired) electrons. The first-order chi connectivity index (χ1) is 7.97. The Morgan fingerprint density at radius 3 is 2.53 bits per heavy atom. The second-order valence-electron chi connectivity index (χ2n) is 6.07. The lowest BCUT2D eigenvalue weighted by Crippen LogP contribution is -2.41. The second kappa shape index (κ2) is 6.37. The van der Waals surface area contributed by atoms with Gasteiger partial charge >= 0.3 is 0 Å². The van der Waals surface area contributed by atoms with Crippen LogP contribution >= 0.6 is 0 Å². The van der Waals surface area contributed by atoms with Crippen molar-refractivity contribution in [2.24, 2.45) is 11.1 Å². The van der Waals surface area contributed by atoms with E-state index in [9.17, 15) is 0 Å². The van der Waals surface area contributed by atoms with E-state index in [2.05, 4.69) is 6.07 Å². The highest BCUT2D eigenvalue weighted by molar-refractivity contribution is 4.91. The van der Waals surface area contributed by atoms with Crippen LogP contribution < -0.4 is 5.73 Å². The van der Waals surface area contributed by atoms with Crippen LogP contribution in [0.2, 0.25) is 0 Å². The van der Waals surface area contributed by atoms with Crippen molar-refractivity contribution in [3.8, 4) is 6.07 Å². The Morgan fingerprint density at radius 2 is 1.94 bits per heavy atom. The van der Waals surface area contributed by atoms with E-state index >= 15 is 0 Å². The maximum absolute atomic E-state index is 8.88. The number of rotatable bonds is 7. The van der Waals surface area contributed by atoms with Gasteiger partial charge in [0, 0.05) is 12.1 Å². The van der Waals surface area contributed by atoms with Gasteiger partial charge in [0.25, 0.3) is 0 Å². The summed E-state index contributed by atoms with van der Waals surface area (Å²) in [7, 11) is 0. The zero-order valence-electron chi connectivity index (χ0n) is 11.3. The van der Waals surface area contributed by atoms with Gasteiger partial charge in [0.1, 0.15) is 0 Å². The van der Waals surface area contributed by atoms with Crippen LogP contribution in [0.5, 0.6) is 0 Å². The summed E-state index contributed by atoms with van der Waals surface area (Å²) in [6.45, 7) is 5.46. The van der Waals surface area contributed by atoms with Gasteiger partial charge in [-0.3, -0.25) is 0 Å². The van der Waals surface area contributed by atoms with Gasteiger partial charge in [0.05, 0.1) is 18.1 Å². The predicted octanol–water partition coefficient (Wildman–Crippen LogP) is 2.99. The first-order valence-corrected chi connectivity index (χ1v) is 6.75. The molecule has 1 fully saturated rings. The second-order valence-corrected chi connectivity index (χ2v) is 6.07. The molecule has 2 N–H and O–H groups in total. The van der Waals surface area contributed by atoms with Crippen LogP contribution in [0.3, 0.4) is 0 Å². The van der Waals surface area contributed by atoms with E-state index in [1.165, 1.54) is 12.8 Å². The minimum atomic E-state index is -0.194. The highest BCUT2D eigenvalue weighted by Crippen LogP contribution is 2.27. The van der Waals surface area contributed by atoms with Crippen LogP contribution in [-0.2, 0) is 4.74 Å². The van der Waals surface area contributed by atoms with Gasteiger partial charge in [-0.15, -0.1) is 0 Å². The van der Waals surface area contributed by atoms with Crippen LogP contribution in [0.4, 0.5) is 0 Å². The first-order valence-electron chi connectivity index (χ1n) is 6.75. The third-order valence-electron chi connectivity index (χ3n) is 3.63. The molecule has 17 heavy (non-hydrogen) atoms. The van der Waals surface area contributed by atoms with E-state index in [4.69, 9.17) is 15.7 Å². The van der Waals surface area contributed by atoms with Crippen molar-refractivity contribution in [3.05, 3.63) is 0 Å². The van der Waals surface area contributed by atoms with Gasteiger partial charge in [-0.25, -0.2) is 0 Å². The van der Waals surface area contributed by atoms with Gasteiger partial charge in [0.2, 0.25) is 0 Å². The average Bonchev–Trinajstić information content (AvgIpc) is 2.71. The predicted molar refractivity (Wildman–Crippen MR) is 69.5 cm³/mol. The summed E-state index contributed by atoms with van der Waals surface area (Å²) in [6.07, 6.45) is 7.73. The zero-order valence-corrected chi connectivity index (χ0v) is 11.3. The Morgan fingerprint density at radius 1 is 1.29 bits per heavy atom. The summed E-state index contributed by atoms with van der Waals surface area (Å²) in [6, 6.07) is 2.32. The molecular formula is C14H26N2O. The van der Waals surface area contributed by atoms with E-state index in [1.54, 1.807) is 0 Å². The Labute approximate surface area is 105 Å². The van der Waals surface area contributed by atoms with Crippen molar-refractivity contribution < 1.29 is 4.74 Å². The number of nitriles is 1. The Kier molecular flexibility index (Phi) is 5.42. The van der Waals surface area contributed by atoms with Crippen molar-refractivity contribution in [2.45, 2.75) is 64.3 Å². The normalized spacial score (nSPS) is 19.2. The van der Waals surface area contributed by atoms with E-state index < -0.39 is 0 Å². The highest BCUT2D eigenvalue weighted by atomic mass is 16.5. The largest absolute Gasteiger partial charge is 0.380 e. The van der Waals surface area contributed by atoms with Gasteiger partial charge < -0.3 is 10.5 Å². The molecular weight excluding hydrogens is 212 g/mol. The molecule has 0 aromatic rings. The van der Waals surface area contributed by atoms with Crippen molar-refractivity contribution in [1.29, 1.82) is 5.26 Å². The molecule has 0 aliphatic heterocycles. The fraction of sp³-hybridized carbons (Fsp3) is 0.929. The van der Waals surface area contributed by atoms with Gasteiger partial charge in [-0.1, -0.05) is 12.8 Å². The molecule has 0 unspecified atom stereocenters. The third kappa shape index (κ3) is 5.52. The van der Waals surface area contributed by atoms with Crippen molar-refractivity contribution in [1.82, 2.24) is 0 Å². The minimum absolute atomic E-state index is 0.0497. The van der Waals surface area contributed by atoms with Crippen molar-refractivity contribution in [2.75, 3.05) is 13.2 Å². The first kappa shape index (κ1) is 14.5. The molecule has 3 heteroatoms. The molecule has 0 bridgehead atoms. The summed E-state index contributed by atoms with van der Waals surface area (Å²) < 4.78 is 5.66. The SMILES string of the molecule is CC(C)(C#N)CCCCOCC1(N)CCCC1. The molecule has 0 amide bonds. The maximum Gasteiger partial charge on any atom is 0.0683 e. The Balaban J connectivity index is 2.00. The quantitative estimate of drug-likeness (QED) is 0.694. The summed E-state index contributed by atoms with van der Waals surface area (Å²) in [4.78, 5) is 0. The topological polar surface area (TPSA) is 59.0 Å². The lowest BCUT2D eigenvalue weighted by Gasteiger charge is -2.23. The maximum atomic E-state index is 8.88. The monoisotopic (exact) mass is 238 g/mol. The van der Waals surface area contributed by atoms with Gasteiger partial charge in [0.15, 0.2) is 0 Å². The Hall–Kier alpha value is -0.590. The number of nitrogens with two attached hydrogens (primary N) is 1. The molecule has 0 spiro atoms. The van der Waals surface area contributed by atoms with Crippen LogP contribution in [0.1, 0.15) is 58.8 Å². The van der Waals surface area contributed by atoms with Crippen molar-refractivity contribution >= 4 is 0 Å². The lowest BCUT2D eigenvalue weighted by molar-refractivity contribution is 0.0829. The summed E-state index contributed by atoms with van der Waals surface area (Å²) in [5.74, 6) is 0. The molecule has 0 atom stereocenters. The summed E-state index contributed by atoms with van der Waals surface area (Å²) in [5.41, 5.74) is 5.95. The Bertz CT molecular complexity index is 262. The molecule has 0 saturated heterocycles. The fourth-order valence-corrected chi connectivity index (χ4v) is 2.33. The number of unbranched alkanes of at least 4 members (excludes halogenated alkanes) is 1. The van der Waals surface area contributed by atoms with Crippen LogP contribution in [0.25, 0.3) is 0 Å². The molecule has 0 aromatic heterocycles. The molecule has 3 nitrogen and oxygen atoms in total. The van der Waals surface area contributed by atoms with Crippen LogP contribution in [0, 0.1) is 16.7 Å². The summed E-state index contributed by atoms with van der Waals surface area (Å²) >= 11 is 0. The average molecular weight is 238 g/mol. The standard InChI is InChI=1S/C14H26N2O/c1-13(2,11-15)7-5-6-10-17-12-14(16)8-3-4-9-14/h3-10,12,16H2,1-2H3. The molecule has 98 valence electrons. The number of nitrogens with zero attached hydrogens (tertiary/aromatic N) is 1. The molecule has 0 heterocycles. The highest BCUT2D eigenvalue weighted by Gasteiger charge is 2.29. The van der Waals surface area contributed by atoms with Gasteiger partial charge in [-0.05, 0) is 46.0 Å². The summed E-state index contributed by atoms with van der Waals surface area (Å²) in [5, 5.41) is 8.88. The molecule has 1 rings (SSSR count). The smallest absolute Gasteiger partial charge is 0.0683 e. The zero-order chi connectivity index (χ0) is 12.8. The molecule has 1 saturated carbocycles. The van der Waals surface area contributed by atoms with E-state index in [1.807, 2.05) is 13.8 Å². The van der Waals surface area contributed by atoms with Crippen molar-refractivity contribution in [3.63, 3.8) is 0 Å². The molecule has 0 aromatic carbocycles. The van der Waals surface area contributed by atoms with Gasteiger partial charge in [-0.2, -0.15) is 5.26 Å². The van der Waals surface area contributed by atoms with Crippen LogP contribution in [0.15, 0.2) is 0 Å². The van der Waals surface area contributed by atoms with E-state index in [0.29, 0.717) is 6.61 Å². The van der Waals surface area contributed by atoms with Crippen LogP contribution in [-0.4, -0.2) is 18.8 Å². The third-order valence-corrected chi connectivity index (χ3v) is 3.63. The fourth-order valence-electron chi connectivity index (χ4n) is 2.33. The minimum Gasteiger partial charge on any atom is -0.380 e.